The van der Waals surface area contributed by atoms with Gasteiger partial charge in [0.1, 0.15) is 11.5 Å². The second-order valence-electron chi connectivity index (χ2n) is 6.56. The van der Waals surface area contributed by atoms with Crippen molar-refractivity contribution < 1.29 is 19.1 Å². The topological polar surface area (TPSA) is 88.7 Å². The van der Waals surface area contributed by atoms with Gasteiger partial charge in [0.25, 0.3) is 5.91 Å². The third-order valence-corrected chi connectivity index (χ3v) is 4.20. The van der Waals surface area contributed by atoms with E-state index in [0.717, 1.165) is 11.1 Å². The van der Waals surface area contributed by atoms with Crippen molar-refractivity contribution in [2.75, 3.05) is 13.7 Å². The highest BCUT2D eigenvalue weighted by molar-refractivity contribution is 7.80. The number of hydrogen-bond donors (Lipinski definition) is 3. The summed E-state index contributed by atoms with van der Waals surface area (Å²) in [5.74, 6) is 0.931. The quantitative estimate of drug-likeness (QED) is 0.476. The summed E-state index contributed by atoms with van der Waals surface area (Å²) in [6, 6.07) is 14.7. The number of methoxy groups -OCH3 is 1. The van der Waals surface area contributed by atoms with E-state index in [1.807, 2.05) is 24.3 Å². The summed E-state index contributed by atoms with van der Waals surface area (Å²) < 4.78 is 10.7. The molecule has 0 aliphatic rings. The molecular formula is C21H25N3O4S. The maximum Gasteiger partial charge on any atom is 0.276 e. The van der Waals surface area contributed by atoms with Crippen LogP contribution in [0.1, 0.15) is 30.9 Å². The van der Waals surface area contributed by atoms with Crippen LogP contribution in [0, 0.1) is 0 Å². The van der Waals surface area contributed by atoms with Gasteiger partial charge in [-0.15, -0.1) is 0 Å². The zero-order valence-electron chi connectivity index (χ0n) is 16.7. The monoisotopic (exact) mass is 415 g/mol. The lowest BCUT2D eigenvalue weighted by molar-refractivity contribution is -0.124. The molecule has 7 nitrogen and oxygen atoms in total. The molecule has 3 N–H and O–H groups in total. The van der Waals surface area contributed by atoms with Crippen molar-refractivity contribution in [3.63, 3.8) is 0 Å². The van der Waals surface area contributed by atoms with E-state index in [4.69, 9.17) is 21.7 Å². The smallest absolute Gasteiger partial charge is 0.276 e. The lowest BCUT2D eigenvalue weighted by atomic mass is 10.0. The number of hydrogen-bond acceptors (Lipinski definition) is 5. The predicted molar refractivity (Wildman–Crippen MR) is 115 cm³/mol. The number of benzene rings is 2. The third-order valence-electron chi connectivity index (χ3n) is 3.99. The number of para-hydroxylation sites is 1. The Bertz CT molecular complexity index is 853. The number of rotatable bonds is 7. The fourth-order valence-electron chi connectivity index (χ4n) is 2.53. The van der Waals surface area contributed by atoms with Crippen molar-refractivity contribution in [2.45, 2.75) is 26.2 Å². The van der Waals surface area contributed by atoms with Crippen molar-refractivity contribution in [1.29, 1.82) is 0 Å². The van der Waals surface area contributed by atoms with E-state index >= 15 is 0 Å². The minimum atomic E-state index is -0.421. The number of nitrogens with one attached hydrogen (secondary N) is 3. The average molecular weight is 416 g/mol. The summed E-state index contributed by atoms with van der Waals surface area (Å²) in [5.41, 5.74) is 6.73. The fourth-order valence-corrected chi connectivity index (χ4v) is 2.69. The highest BCUT2D eigenvalue weighted by atomic mass is 32.1. The van der Waals surface area contributed by atoms with Gasteiger partial charge in [0.2, 0.25) is 5.91 Å². The number of carbonyl (C=O) groups excluding carboxylic acids is 2. The molecule has 0 fully saturated rings. The molecule has 2 aromatic carbocycles. The van der Waals surface area contributed by atoms with Gasteiger partial charge in [0.05, 0.1) is 13.5 Å². The van der Waals surface area contributed by atoms with E-state index in [0.29, 0.717) is 11.5 Å². The van der Waals surface area contributed by atoms with Crippen molar-refractivity contribution in [1.82, 2.24) is 16.2 Å². The summed E-state index contributed by atoms with van der Waals surface area (Å²) in [5, 5.41) is 2.50. The van der Waals surface area contributed by atoms with Crippen molar-refractivity contribution in [3.05, 3.63) is 59.7 Å². The van der Waals surface area contributed by atoms with E-state index in [1.54, 1.807) is 31.4 Å². The number of thiocarbonyl (C=S) groups is 1. The van der Waals surface area contributed by atoms with Gasteiger partial charge < -0.3 is 14.8 Å². The molecule has 0 aliphatic carbocycles. The van der Waals surface area contributed by atoms with Gasteiger partial charge in [-0.1, -0.05) is 44.2 Å². The third kappa shape index (κ3) is 7.42. The molecule has 2 rings (SSSR count). The van der Waals surface area contributed by atoms with E-state index in [-0.39, 0.29) is 30.0 Å². The van der Waals surface area contributed by atoms with Crippen LogP contribution in [0.15, 0.2) is 48.5 Å². The zero-order chi connectivity index (χ0) is 21.2. The van der Waals surface area contributed by atoms with Gasteiger partial charge in [-0.2, -0.15) is 0 Å². The molecule has 0 aliphatic heterocycles. The molecular weight excluding hydrogens is 390 g/mol. The second kappa shape index (κ2) is 11.0. The van der Waals surface area contributed by atoms with E-state index in [9.17, 15) is 9.59 Å². The Balaban J connectivity index is 1.72. The van der Waals surface area contributed by atoms with Crippen LogP contribution in [0.4, 0.5) is 0 Å². The Labute approximate surface area is 175 Å². The van der Waals surface area contributed by atoms with Crippen LogP contribution in [0.2, 0.25) is 0 Å². The summed E-state index contributed by atoms with van der Waals surface area (Å²) in [7, 11) is 1.58. The Kier molecular flexibility index (Phi) is 8.42. The Morgan fingerprint density at radius 2 is 1.69 bits per heavy atom. The summed E-state index contributed by atoms with van der Waals surface area (Å²) in [6.07, 6.45) is 0.148. The largest absolute Gasteiger partial charge is 0.497 e. The van der Waals surface area contributed by atoms with Gasteiger partial charge in [0.15, 0.2) is 11.7 Å². The lowest BCUT2D eigenvalue weighted by Gasteiger charge is -2.14. The van der Waals surface area contributed by atoms with E-state index < -0.39 is 5.91 Å². The SMILES string of the molecule is COc1ccc(CC(=O)NC(=S)NNC(=O)COc2ccccc2C(C)C)cc1. The molecule has 0 unspecified atom stereocenters. The molecule has 29 heavy (non-hydrogen) atoms. The van der Waals surface area contributed by atoms with Crippen molar-refractivity contribution >= 4 is 29.1 Å². The first-order valence-corrected chi connectivity index (χ1v) is 9.53. The van der Waals surface area contributed by atoms with Crippen LogP contribution in [0.5, 0.6) is 11.5 Å². The number of amides is 2. The summed E-state index contributed by atoms with van der Waals surface area (Å²) in [6.45, 7) is 3.92. The number of ether oxygens (including phenoxy) is 2. The normalized spacial score (nSPS) is 10.2. The summed E-state index contributed by atoms with van der Waals surface area (Å²) >= 11 is 5.02. The molecule has 2 aromatic rings. The maximum atomic E-state index is 12.0. The van der Waals surface area contributed by atoms with Crippen LogP contribution in [-0.4, -0.2) is 30.6 Å². The fraction of sp³-hybridized carbons (Fsp3) is 0.286. The molecule has 154 valence electrons. The van der Waals surface area contributed by atoms with Crippen LogP contribution in [0.3, 0.4) is 0 Å². The molecule has 0 saturated heterocycles. The molecule has 0 radical (unpaired) electrons. The molecule has 8 heteroatoms. The first-order chi connectivity index (χ1) is 13.9. The minimum Gasteiger partial charge on any atom is -0.497 e. The Morgan fingerprint density at radius 3 is 2.34 bits per heavy atom. The molecule has 0 spiro atoms. The maximum absolute atomic E-state index is 12.0. The molecule has 0 bridgehead atoms. The molecule has 0 heterocycles. The van der Waals surface area contributed by atoms with E-state index in [1.165, 1.54) is 0 Å². The Hall–Kier alpha value is -3.13. The first-order valence-electron chi connectivity index (χ1n) is 9.12. The van der Waals surface area contributed by atoms with Gasteiger partial charge in [-0.3, -0.25) is 20.4 Å². The van der Waals surface area contributed by atoms with Crippen molar-refractivity contribution in [3.8, 4) is 11.5 Å². The van der Waals surface area contributed by atoms with Crippen LogP contribution >= 0.6 is 12.2 Å². The standard InChI is InChI=1S/C21H25N3O4S/c1-14(2)17-6-4-5-7-18(17)28-13-20(26)23-24-21(29)22-19(25)12-15-8-10-16(27-3)11-9-15/h4-11,14H,12-13H2,1-3H3,(H,23,26)(H2,22,24,25,29). The number of hydrazine groups is 1. The van der Waals surface area contributed by atoms with Crippen LogP contribution < -0.4 is 25.6 Å². The van der Waals surface area contributed by atoms with Gasteiger partial charge in [-0.05, 0) is 47.5 Å². The highest BCUT2D eigenvalue weighted by Gasteiger charge is 2.10. The predicted octanol–water partition coefficient (Wildman–Crippen LogP) is 2.46. The average Bonchev–Trinajstić information content (AvgIpc) is 2.71. The number of carbonyl (C=O) groups is 2. The van der Waals surface area contributed by atoms with Crippen LogP contribution in [-0.2, 0) is 16.0 Å². The molecule has 0 saturated carbocycles. The van der Waals surface area contributed by atoms with Gasteiger partial charge in [0, 0.05) is 0 Å². The minimum absolute atomic E-state index is 0.000516. The summed E-state index contributed by atoms with van der Waals surface area (Å²) in [4.78, 5) is 24.0. The zero-order valence-corrected chi connectivity index (χ0v) is 17.5. The van der Waals surface area contributed by atoms with Crippen LogP contribution in [0.25, 0.3) is 0 Å². The molecule has 2 amide bonds. The second-order valence-corrected chi connectivity index (χ2v) is 6.96. The Morgan fingerprint density at radius 1 is 1.00 bits per heavy atom. The molecule has 0 aromatic heterocycles. The van der Waals surface area contributed by atoms with Crippen molar-refractivity contribution in [2.24, 2.45) is 0 Å². The molecule has 0 atom stereocenters. The highest BCUT2D eigenvalue weighted by Crippen LogP contribution is 2.25. The van der Waals surface area contributed by atoms with Gasteiger partial charge >= 0.3 is 0 Å². The first kappa shape index (κ1) is 22.2. The van der Waals surface area contributed by atoms with E-state index in [2.05, 4.69) is 30.0 Å². The van der Waals surface area contributed by atoms with Gasteiger partial charge in [-0.25, -0.2) is 0 Å². The lowest BCUT2D eigenvalue weighted by Crippen LogP contribution is -2.50.